The van der Waals surface area contributed by atoms with Crippen LogP contribution in [0.1, 0.15) is 13.3 Å². The van der Waals surface area contributed by atoms with Gasteiger partial charge in [-0.3, -0.25) is 4.79 Å². The first-order valence-corrected chi connectivity index (χ1v) is 7.47. The number of rotatable bonds is 1. The lowest BCUT2D eigenvalue weighted by Gasteiger charge is -2.46. The number of carbonyl (C=O) groups is 2. The largest absolute Gasteiger partial charge is 0.462 e. The van der Waals surface area contributed by atoms with Crippen LogP contribution in [0, 0.1) is 17.8 Å². The van der Waals surface area contributed by atoms with E-state index in [4.69, 9.17) is 10.5 Å². The number of fused-ring (bicyclic) bond motifs is 2. The molecule has 2 heterocycles. The zero-order chi connectivity index (χ0) is 12.9. The van der Waals surface area contributed by atoms with E-state index in [0.29, 0.717) is 0 Å². The maximum Gasteiger partial charge on any atom is 0.313 e. The molecule has 0 radical (unpaired) electrons. The third-order valence-corrected chi connectivity index (χ3v) is 5.59. The van der Waals surface area contributed by atoms with E-state index in [9.17, 15) is 9.59 Å². The standard InChI is InChI=1S/C13H17NO3S/c1-7-11-9(12(16)17-7)4-8-6-18-3-2-13(8,14)10(11)5-15/h4-5,7,9-11H,2-3,6,14H2,1H3/t7-,9-,10-,11-,13+/m1/s1. The number of cyclic esters (lactones) is 1. The van der Waals surface area contributed by atoms with E-state index in [0.717, 1.165) is 29.8 Å². The summed E-state index contributed by atoms with van der Waals surface area (Å²) in [6.07, 6.45) is 3.50. The molecule has 0 spiro atoms. The van der Waals surface area contributed by atoms with Crippen molar-refractivity contribution in [2.45, 2.75) is 25.0 Å². The number of thioether (sulfide) groups is 1. The van der Waals surface area contributed by atoms with E-state index in [1.54, 1.807) is 0 Å². The minimum atomic E-state index is -0.559. The van der Waals surface area contributed by atoms with Crippen LogP contribution in [0.3, 0.4) is 0 Å². The van der Waals surface area contributed by atoms with Gasteiger partial charge in [0.25, 0.3) is 0 Å². The predicted octanol–water partition coefficient (Wildman–Crippen LogP) is 0.754. The molecule has 0 amide bonds. The van der Waals surface area contributed by atoms with Crippen molar-refractivity contribution in [3.05, 3.63) is 11.6 Å². The molecule has 4 nitrogen and oxygen atoms in total. The first-order valence-electron chi connectivity index (χ1n) is 6.31. The van der Waals surface area contributed by atoms with Gasteiger partial charge in [-0.25, -0.2) is 0 Å². The molecule has 0 unspecified atom stereocenters. The third-order valence-electron chi connectivity index (χ3n) is 4.58. The van der Waals surface area contributed by atoms with Gasteiger partial charge in [0.1, 0.15) is 12.4 Å². The van der Waals surface area contributed by atoms with E-state index >= 15 is 0 Å². The highest BCUT2D eigenvalue weighted by molar-refractivity contribution is 7.99. The van der Waals surface area contributed by atoms with E-state index in [1.165, 1.54) is 0 Å². The van der Waals surface area contributed by atoms with Crippen molar-refractivity contribution in [2.75, 3.05) is 11.5 Å². The molecule has 5 heteroatoms. The fraction of sp³-hybridized carbons (Fsp3) is 0.692. The molecule has 98 valence electrons. The molecular weight excluding hydrogens is 250 g/mol. The Labute approximate surface area is 110 Å². The van der Waals surface area contributed by atoms with Gasteiger partial charge in [0.05, 0.1) is 5.92 Å². The Morgan fingerprint density at radius 2 is 2.39 bits per heavy atom. The Kier molecular flexibility index (Phi) is 2.79. The Morgan fingerprint density at radius 3 is 3.11 bits per heavy atom. The van der Waals surface area contributed by atoms with Crippen LogP contribution in [0.25, 0.3) is 0 Å². The Morgan fingerprint density at radius 1 is 1.61 bits per heavy atom. The van der Waals surface area contributed by atoms with E-state index in [-0.39, 0.29) is 29.8 Å². The molecule has 1 aliphatic carbocycles. The van der Waals surface area contributed by atoms with Crippen molar-refractivity contribution < 1.29 is 14.3 Å². The summed E-state index contributed by atoms with van der Waals surface area (Å²) in [5.41, 5.74) is 7.00. The van der Waals surface area contributed by atoms with Crippen LogP contribution in [0.5, 0.6) is 0 Å². The lowest BCUT2D eigenvalue weighted by atomic mass is 9.62. The van der Waals surface area contributed by atoms with Crippen LogP contribution in [0.2, 0.25) is 0 Å². The average molecular weight is 267 g/mol. The number of carbonyl (C=O) groups excluding carboxylic acids is 2. The van der Waals surface area contributed by atoms with Crippen LogP contribution in [0.4, 0.5) is 0 Å². The Bertz CT molecular complexity index is 436. The van der Waals surface area contributed by atoms with Crippen molar-refractivity contribution in [2.24, 2.45) is 23.5 Å². The number of hydrogen-bond acceptors (Lipinski definition) is 5. The molecule has 2 fully saturated rings. The minimum Gasteiger partial charge on any atom is -0.462 e. The van der Waals surface area contributed by atoms with Crippen molar-refractivity contribution in [3.8, 4) is 0 Å². The summed E-state index contributed by atoms with van der Waals surface area (Å²) < 4.78 is 5.29. The summed E-state index contributed by atoms with van der Waals surface area (Å²) in [7, 11) is 0. The monoisotopic (exact) mass is 267 g/mol. The second-order valence-corrected chi connectivity index (χ2v) is 6.55. The van der Waals surface area contributed by atoms with Crippen molar-refractivity contribution >= 4 is 24.0 Å². The average Bonchev–Trinajstić information content (AvgIpc) is 2.61. The third kappa shape index (κ3) is 1.50. The van der Waals surface area contributed by atoms with Gasteiger partial charge in [-0.05, 0) is 24.7 Å². The SMILES string of the molecule is C[C@H]1OC(=O)[C@@H]2C=C3CSCC[C@@]3(N)[C@H](C=O)[C@H]12. The van der Waals surface area contributed by atoms with Crippen LogP contribution >= 0.6 is 11.8 Å². The van der Waals surface area contributed by atoms with Crippen molar-refractivity contribution in [1.82, 2.24) is 0 Å². The van der Waals surface area contributed by atoms with Crippen LogP contribution in [-0.4, -0.2) is 35.4 Å². The van der Waals surface area contributed by atoms with Gasteiger partial charge in [0, 0.05) is 23.1 Å². The molecule has 18 heavy (non-hydrogen) atoms. The molecule has 3 rings (SSSR count). The van der Waals surface area contributed by atoms with Crippen LogP contribution in [0.15, 0.2) is 11.6 Å². The van der Waals surface area contributed by atoms with E-state index < -0.39 is 5.54 Å². The number of nitrogens with two attached hydrogens (primary N) is 1. The fourth-order valence-corrected chi connectivity index (χ4v) is 4.77. The molecular formula is C13H17NO3S. The first kappa shape index (κ1) is 12.2. The minimum absolute atomic E-state index is 0.0909. The second-order valence-electron chi connectivity index (χ2n) is 5.44. The molecule has 0 aromatic carbocycles. The van der Waals surface area contributed by atoms with Gasteiger partial charge < -0.3 is 15.3 Å². The highest BCUT2D eigenvalue weighted by Gasteiger charge is 2.56. The normalized spacial score (nSPS) is 46.8. The smallest absolute Gasteiger partial charge is 0.313 e. The summed E-state index contributed by atoms with van der Waals surface area (Å²) in [5, 5.41) is 0. The molecule has 2 N–H and O–H groups in total. The molecule has 0 aromatic rings. The summed E-state index contributed by atoms with van der Waals surface area (Å²) in [5.74, 6) is 0.923. The zero-order valence-electron chi connectivity index (χ0n) is 10.3. The van der Waals surface area contributed by atoms with Crippen molar-refractivity contribution in [3.63, 3.8) is 0 Å². The fourth-order valence-electron chi connectivity index (χ4n) is 3.56. The quantitative estimate of drug-likeness (QED) is 0.431. The predicted molar refractivity (Wildman–Crippen MR) is 69.0 cm³/mol. The Balaban J connectivity index is 2.08. The van der Waals surface area contributed by atoms with E-state index in [1.807, 2.05) is 24.8 Å². The zero-order valence-corrected chi connectivity index (χ0v) is 11.1. The van der Waals surface area contributed by atoms with Gasteiger partial charge in [-0.15, -0.1) is 0 Å². The van der Waals surface area contributed by atoms with Gasteiger partial charge in [0.2, 0.25) is 0 Å². The molecule has 3 aliphatic rings. The summed E-state index contributed by atoms with van der Waals surface area (Å²) in [6.45, 7) is 1.86. The maximum atomic E-state index is 11.8. The van der Waals surface area contributed by atoms with Gasteiger partial charge >= 0.3 is 5.97 Å². The maximum absolute atomic E-state index is 11.8. The molecule has 2 saturated heterocycles. The van der Waals surface area contributed by atoms with Gasteiger partial charge in [-0.2, -0.15) is 11.8 Å². The van der Waals surface area contributed by atoms with Crippen LogP contribution < -0.4 is 5.73 Å². The lowest BCUT2D eigenvalue weighted by molar-refractivity contribution is -0.142. The van der Waals surface area contributed by atoms with Crippen LogP contribution in [-0.2, 0) is 14.3 Å². The Hall–Kier alpha value is -0.810. The van der Waals surface area contributed by atoms with Gasteiger partial charge in [-0.1, -0.05) is 6.08 Å². The number of ether oxygens (including phenoxy) is 1. The molecule has 0 bridgehead atoms. The summed E-state index contributed by atoms with van der Waals surface area (Å²) >= 11 is 1.81. The molecule has 0 aromatic heterocycles. The molecule has 2 aliphatic heterocycles. The number of aldehydes is 1. The second kappa shape index (κ2) is 4.10. The highest BCUT2D eigenvalue weighted by atomic mass is 32.2. The first-order chi connectivity index (χ1) is 8.58. The molecule has 5 atom stereocenters. The van der Waals surface area contributed by atoms with Gasteiger partial charge in [0.15, 0.2) is 0 Å². The number of hydrogen-bond donors (Lipinski definition) is 1. The highest BCUT2D eigenvalue weighted by Crippen LogP contribution is 2.49. The lowest BCUT2D eigenvalue weighted by Crippen LogP contribution is -2.59. The molecule has 0 saturated carbocycles. The van der Waals surface area contributed by atoms with Crippen molar-refractivity contribution in [1.29, 1.82) is 0 Å². The summed E-state index contributed by atoms with van der Waals surface area (Å²) in [4.78, 5) is 23.4. The van der Waals surface area contributed by atoms with E-state index in [2.05, 4.69) is 0 Å². The topological polar surface area (TPSA) is 69.4 Å². The summed E-state index contributed by atoms with van der Waals surface area (Å²) in [6, 6.07) is 0. The number of esters is 1.